The molecule has 0 radical (unpaired) electrons. The highest BCUT2D eigenvalue weighted by atomic mass is 32.2. The summed E-state index contributed by atoms with van der Waals surface area (Å²) in [6.07, 6.45) is 1.60. The maximum absolute atomic E-state index is 11.4. The van der Waals surface area contributed by atoms with Crippen LogP contribution in [-0.4, -0.2) is 45.3 Å². The highest BCUT2D eigenvalue weighted by molar-refractivity contribution is 7.99. The number of aromatic amines is 1. The van der Waals surface area contributed by atoms with Gasteiger partial charge in [-0.1, -0.05) is 18.7 Å². The summed E-state index contributed by atoms with van der Waals surface area (Å²) < 4.78 is 1.65. The number of thioether (sulfide) groups is 1. The third-order valence-corrected chi connectivity index (χ3v) is 3.61. The van der Waals surface area contributed by atoms with E-state index in [2.05, 4.69) is 15.5 Å². The predicted molar refractivity (Wildman–Crippen MR) is 68.4 cm³/mol. The Labute approximate surface area is 105 Å². The molecule has 1 unspecified atom stereocenters. The van der Waals surface area contributed by atoms with Crippen LogP contribution in [0.15, 0.2) is 9.95 Å². The van der Waals surface area contributed by atoms with Crippen molar-refractivity contribution in [1.29, 1.82) is 0 Å². The van der Waals surface area contributed by atoms with Crippen LogP contribution in [0, 0.1) is 0 Å². The van der Waals surface area contributed by atoms with Crippen LogP contribution in [0.4, 0.5) is 0 Å². The molecule has 0 saturated heterocycles. The summed E-state index contributed by atoms with van der Waals surface area (Å²) >= 11 is 1.53. The third kappa shape index (κ3) is 4.18. The van der Waals surface area contributed by atoms with E-state index in [1.165, 1.54) is 11.8 Å². The third-order valence-electron chi connectivity index (χ3n) is 2.47. The highest BCUT2D eigenvalue weighted by Crippen LogP contribution is 2.15. The van der Waals surface area contributed by atoms with E-state index in [4.69, 9.17) is 5.11 Å². The minimum absolute atomic E-state index is 0.155. The van der Waals surface area contributed by atoms with E-state index in [1.54, 1.807) is 4.57 Å². The van der Waals surface area contributed by atoms with Gasteiger partial charge in [0.15, 0.2) is 5.16 Å². The van der Waals surface area contributed by atoms with Gasteiger partial charge in [0.05, 0.1) is 0 Å². The Morgan fingerprint density at radius 3 is 3.00 bits per heavy atom. The first-order valence-corrected chi connectivity index (χ1v) is 6.77. The molecular formula is C10H20N4O2S. The number of H-pyrrole nitrogens is 1. The van der Waals surface area contributed by atoms with E-state index >= 15 is 0 Å². The molecule has 0 aliphatic heterocycles. The maximum Gasteiger partial charge on any atom is 0.343 e. The van der Waals surface area contributed by atoms with E-state index in [0.29, 0.717) is 13.0 Å². The van der Waals surface area contributed by atoms with Gasteiger partial charge in [0, 0.05) is 24.9 Å². The number of nitrogens with one attached hydrogen (secondary N) is 2. The fourth-order valence-electron chi connectivity index (χ4n) is 1.48. The van der Waals surface area contributed by atoms with Crippen LogP contribution in [0.1, 0.15) is 19.8 Å². The second-order valence-electron chi connectivity index (χ2n) is 3.77. The lowest BCUT2D eigenvalue weighted by Gasteiger charge is -2.13. The van der Waals surface area contributed by atoms with Crippen LogP contribution in [-0.2, 0) is 6.54 Å². The van der Waals surface area contributed by atoms with Gasteiger partial charge in [-0.25, -0.2) is 9.89 Å². The zero-order valence-corrected chi connectivity index (χ0v) is 11.1. The molecule has 0 amide bonds. The number of aliphatic hydroxyl groups excluding tert-OH is 1. The normalized spacial score (nSPS) is 12.9. The first kappa shape index (κ1) is 14.3. The quantitative estimate of drug-likeness (QED) is 0.575. The molecule has 1 aromatic heterocycles. The first-order valence-electron chi connectivity index (χ1n) is 5.79. The smallest absolute Gasteiger partial charge is 0.343 e. The topological polar surface area (TPSA) is 82.9 Å². The highest BCUT2D eigenvalue weighted by Gasteiger charge is 2.11. The van der Waals surface area contributed by atoms with Gasteiger partial charge in [-0.15, -0.1) is 5.10 Å². The minimum Gasteiger partial charge on any atom is -0.396 e. The van der Waals surface area contributed by atoms with E-state index in [1.807, 2.05) is 14.0 Å². The zero-order valence-electron chi connectivity index (χ0n) is 10.3. The number of aliphatic hydroxyl groups is 1. The lowest BCUT2D eigenvalue weighted by atomic mass is 10.2. The first-order chi connectivity index (χ1) is 8.22. The van der Waals surface area contributed by atoms with Crippen LogP contribution in [0.2, 0.25) is 0 Å². The summed E-state index contributed by atoms with van der Waals surface area (Å²) in [4.78, 5) is 11.4. The van der Waals surface area contributed by atoms with Crippen LogP contribution in [0.5, 0.6) is 0 Å². The number of hydrogen-bond acceptors (Lipinski definition) is 5. The maximum atomic E-state index is 11.4. The molecule has 1 atom stereocenters. The van der Waals surface area contributed by atoms with Gasteiger partial charge in [0.2, 0.25) is 0 Å². The van der Waals surface area contributed by atoms with Crippen LogP contribution in [0.25, 0.3) is 0 Å². The molecule has 0 bridgehead atoms. The summed E-state index contributed by atoms with van der Waals surface area (Å²) in [6, 6.07) is 0.229. The molecule has 0 aliphatic carbocycles. The van der Waals surface area contributed by atoms with Gasteiger partial charge in [-0.05, 0) is 19.9 Å². The van der Waals surface area contributed by atoms with Crippen molar-refractivity contribution in [3.05, 3.63) is 10.5 Å². The van der Waals surface area contributed by atoms with Gasteiger partial charge in [0.25, 0.3) is 0 Å². The molecule has 6 nitrogen and oxygen atoms in total. The second kappa shape index (κ2) is 7.52. The summed E-state index contributed by atoms with van der Waals surface area (Å²) in [5.41, 5.74) is -0.155. The molecule has 17 heavy (non-hydrogen) atoms. The fourth-order valence-corrected chi connectivity index (χ4v) is 2.60. The van der Waals surface area contributed by atoms with E-state index in [9.17, 15) is 4.79 Å². The molecule has 0 spiro atoms. The van der Waals surface area contributed by atoms with Crippen molar-refractivity contribution < 1.29 is 5.11 Å². The van der Waals surface area contributed by atoms with Gasteiger partial charge >= 0.3 is 5.69 Å². The Kier molecular flexibility index (Phi) is 6.31. The van der Waals surface area contributed by atoms with Gasteiger partial charge in [-0.3, -0.25) is 4.57 Å². The lowest BCUT2D eigenvalue weighted by Crippen LogP contribution is -2.29. The van der Waals surface area contributed by atoms with E-state index in [0.717, 1.165) is 17.3 Å². The van der Waals surface area contributed by atoms with Crippen molar-refractivity contribution in [2.45, 2.75) is 37.5 Å². The molecule has 98 valence electrons. The Balaban J connectivity index is 2.58. The Morgan fingerprint density at radius 1 is 1.65 bits per heavy atom. The fraction of sp³-hybridized carbons (Fsp3) is 0.800. The van der Waals surface area contributed by atoms with Crippen molar-refractivity contribution in [3.63, 3.8) is 0 Å². The van der Waals surface area contributed by atoms with Crippen molar-refractivity contribution in [3.8, 4) is 0 Å². The van der Waals surface area contributed by atoms with Gasteiger partial charge in [0.1, 0.15) is 0 Å². The van der Waals surface area contributed by atoms with Crippen LogP contribution < -0.4 is 11.0 Å². The van der Waals surface area contributed by atoms with Crippen LogP contribution in [0.3, 0.4) is 0 Å². The number of aromatic nitrogens is 3. The van der Waals surface area contributed by atoms with E-state index in [-0.39, 0.29) is 18.3 Å². The Morgan fingerprint density at radius 2 is 2.41 bits per heavy atom. The second-order valence-corrected chi connectivity index (χ2v) is 4.76. The van der Waals surface area contributed by atoms with E-state index < -0.39 is 0 Å². The average Bonchev–Trinajstić information content (AvgIpc) is 2.67. The molecule has 0 aromatic carbocycles. The molecule has 3 N–H and O–H groups in total. The van der Waals surface area contributed by atoms with Crippen molar-refractivity contribution in [2.75, 3.05) is 19.4 Å². The molecule has 1 rings (SSSR count). The summed E-state index contributed by atoms with van der Waals surface area (Å²) in [6.45, 7) is 2.87. The van der Waals surface area contributed by atoms with Crippen molar-refractivity contribution in [1.82, 2.24) is 20.1 Å². The van der Waals surface area contributed by atoms with Crippen molar-refractivity contribution >= 4 is 11.8 Å². The van der Waals surface area contributed by atoms with Crippen LogP contribution >= 0.6 is 11.8 Å². The number of hydrogen-bond donors (Lipinski definition) is 3. The molecular weight excluding hydrogens is 240 g/mol. The average molecular weight is 260 g/mol. The predicted octanol–water partition coefficient (Wildman–Crippen LogP) is 0.0439. The molecule has 7 heteroatoms. The standard InChI is InChI=1S/C10H20N4O2S/c1-3-5-14-9(16)12-13-10(14)17-7-8(11-2)4-6-15/h8,11,15H,3-7H2,1-2H3,(H,12,16). The van der Waals surface area contributed by atoms with Gasteiger partial charge in [-0.2, -0.15) is 0 Å². The summed E-state index contributed by atoms with van der Waals surface area (Å²) in [5.74, 6) is 0.783. The Bertz CT molecular complexity index is 377. The molecule has 0 saturated carbocycles. The Hall–Kier alpha value is -0.790. The lowest BCUT2D eigenvalue weighted by molar-refractivity contribution is 0.273. The number of rotatable bonds is 8. The SMILES string of the molecule is CCCn1c(SCC(CCO)NC)n[nH]c1=O. The molecule has 1 aromatic rings. The molecule has 0 fully saturated rings. The molecule has 1 heterocycles. The molecule has 0 aliphatic rings. The zero-order chi connectivity index (χ0) is 12.7. The monoisotopic (exact) mass is 260 g/mol. The number of nitrogens with zero attached hydrogens (tertiary/aromatic N) is 2. The summed E-state index contributed by atoms with van der Waals surface area (Å²) in [7, 11) is 1.87. The van der Waals surface area contributed by atoms with Gasteiger partial charge < -0.3 is 10.4 Å². The largest absolute Gasteiger partial charge is 0.396 e. The van der Waals surface area contributed by atoms with Crippen molar-refractivity contribution in [2.24, 2.45) is 0 Å². The summed E-state index contributed by atoms with van der Waals surface area (Å²) in [5, 5.41) is 19.2. The minimum atomic E-state index is -0.155.